The van der Waals surface area contributed by atoms with Crippen molar-refractivity contribution < 1.29 is 9.18 Å². The summed E-state index contributed by atoms with van der Waals surface area (Å²) >= 11 is 0. The maximum atomic E-state index is 13.0. The van der Waals surface area contributed by atoms with Gasteiger partial charge in [0, 0.05) is 24.3 Å². The van der Waals surface area contributed by atoms with Crippen molar-refractivity contribution in [1.82, 2.24) is 9.88 Å². The van der Waals surface area contributed by atoms with E-state index >= 15 is 0 Å². The van der Waals surface area contributed by atoms with Gasteiger partial charge in [0.15, 0.2) is 0 Å². The van der Waals surface area contributed by atoms with Crippen molar-refractivity contribution in [3.05, 3.63) is 48.0 Å². The summed E-state index contributed by atoms with van der Waals surface area (Å²) in [4.78, 5) is 12.3. The molecule has 0 aliphatic carbocycles. The maximum Gasteiger partial charge on any atom is 0.268 e. The molecule has 0 bridgehead atoms. The van der Waals surface area contributed by atoms with Gasteiger partial charge < -0.3 is 9.88 Å². The van der Waals surface area contributed by atoms with Gasteiger partial charge in [0.1, 0.15) is 11.5 Å². The lowest BCUT2D eigenvalue weighted by Gasteiger charge is -2.12. The third-order valence-electron chi connectivity index (χ3n) is 3.64. The zero-order valence-electron chi connectivity index (χ0n) is 12.7. The van der Waals surface area contributed by atoms with Crippen LogP contribution in [0.2, 0.25) is 0 Å². The van der Waals surface area contributed by atoms with E-state index in [9.17, 15) is 9.18 Å². The number of benzene rings is 1. The Morgan fingerprint density at radius 1 is 1.24 bits per heavy atom. The molecule has 0 unspecified atom stereocenters. The van der Waals surface area contributed by atoms with Crippen LogP contribution in [0.3, 0.4) is 0 Å². The van der Waals surface area contributed by atoms with Gasteiger partial charge in [-0.25, -0.2) is 4.39 Å². The van der Waals surface area contributed by atoms with Crippen LogP contribution in [0.25, 0.3) is 11.1 Å². The Kier molecular flexibility index (Phi) is 4.78. The SMILES string of the molecule is CC[C@@H](C)NC(=O)c1cc(-c2ccc(F)cc2)cn1CC. The first-order valence-electron chi connectivity index (χ1n) is 7.32. The van der Waals surface area contributed by atoms with E-state index in [2.05, 4.69) is 5.32 Å². The van der Waals surface area contributed by atoms with E-state index < -0.39 is 0 Å². The van der Waals surface area contributed by atoms with Gasteiger partial charge in [-0.2, -0.15) is 0 Å². The van der Waals surface area contributed by atoms with E-state index in [1.165, 1.54) is 12.1 Å². The number of nitrogens with one attached hydrogen (secondary N) is 1. The Balaban J connectivity index is 2.31. The topological polar surface area (TPSA) is 34.0 Å². The van der Waals surface area contributed by atoms with E-state index in [0.717, 1.165) is 17.5 Å². The Morgan fingerprint density at radius 3 is 2.48 bits per heavy atom. The molecule has 1 aromatic carbocycles. The van der Waals surface area contributed by atoms with Crippen molar-refractivity contribution >= 4 is 5.91 Å². The third-order valence-corrected chi connectivity index (χ3v) is 3.64. The molecular weight excluding hydrogens is 267 g/mol. The van der Waals surface area contributed by atoms with Crippen LogP contribution >= 0.6 is 0 Å². The lowest BCUT2D eigenvalue weighted by atomic mass is 10.1. The van der Waals surface area contributed by atoms with Crippen LogP contribution in [0.4, 0.5) is 4.39 Å². The molecule has 0 spiro atoms. The fraction of sp³-hybridized carbons (Fsp3) is 0.353. The molecule has 1 atom stereocenters. The van der Waals surface area contributed by atoms with Crippen LogP contribution in [0, 0.1) is 5.82 Å². The number of aryl methyl sites for hydroxylation is 1. The number of nitrogens with zero attached hydrogens (tertiary/aromatic N) is 1. The third kappa shape index (κ3) is 3.51. The van der Waals surface area contributed by atoms with Crippen LogP contribution < -0.4 is 5.32 Å². The molecule has 2 rings (SSSR count). The van der Waals surface area contributed by atoms with E-state index in [-0.39, 0.29) is 17.8 Å². The highest BCUT2D eigenvalue weighted by Crippen LogP contribution is 2.23. The van der Waals surface area contributed by atoms with Crippen molar-refractivity contribution in [2.75, 3.05) is 0 Å². The van der Waals surface area contributed by atoms with Crippen LogP contribution in [0.5, 0.6) is 0 Å². The minimum atomic E-state index is -0.261. The van der Waals surface area contributed by atoms with Crippen molar-refractivity contribution in [2.45, 2.75) is 39.8 Å². The minimum Gasteiger partial charge on any atom is -0.348 e. The summed E-state index contributed by atoms with van der Waals surface area (Å²) in [6.45, 7) is 6.73. The predicted molar refractivity (Wildman–Crippen MR) is 82.7 cm³/mol. The number of aromatic nitrogens is 1. The van der Waals surface area contributed by atoms with Crippen molar-refractivity contribution in [3.8, 4) is 11.1 Å². The van der Waals surface area contributed by atoms with Gasteiger partial charge in [0.2, 0.25) is 0 Å². The average molecular weight is 288 g/mol. The molecule has 0 fully saturated rings. The maximum absolute atomic E-state index is 13.0. The molecule has 4 heteroatoms. The Morgan fingerprint density at radius 2 is 1.90 bits per heavy atom. The second-order valence-corrected chi connectivity index (χ2v) is 5.19. The van der Waals surface area contributed by atoms with Crippen LogP contribution in [0.1, 0.15) is 37.7 Å². The monoisotopic (exact) mass is 288 g/mol. The first kappa shape index (κ1) is 15.3. The normalized spacial score (nSPS) is 12.2. The van der Waals surface area contributed by atoms with Crippen molar-refractivity contribution in [2.24, 2.45) is 0 Å². The first-order valence-corrected chi connectivity index (χ1v) is 7.32. The summed E-state index contributed by atoms with van der Waals surface area (Å²) in [6, 6.07) is 8.30. The highest BCUT2D eigenvalue weighted by Gasteiger charge is 2.15. The fourth-order valence-electron chi connectivity index (χ4n) is 2.16. The smallest absolute Gasteiger partial charge is 0.268 e. The number of carbonyl (C=O) groups excluding carboxylic acids is 1. The van der Waals surface area contributed by atoms with E-state index in [1.807, 2.05) is 37.6 Å². The predicted octanol–water partition coefficient (Wildman–Crippen LogP) is 3.84. The van der Waals surface area contributed by atoms with E-state index in [0.29, 0.717) is 12.2 Å². The molecule has 3 nitrogen and oxygen atoms in total. The number of carbonyl (C=O) groups is 1. The van der Waals surface area contributed by atoms with Gasteiger partial charge in [-0.05, 0) is 44.0 Å². The summed E-state index contributed by atoms with van der Waals surface area (Å²) in [5.41, 5.74) is 2.46. The molecule has 112 valence electrons. The molecule has 21 heavy (non-hydrogen) atoms. The zero-order chi connectivity index (χ0) is 15.4. The molecule has 0 aliphatic heterocycles. The number of hydrogen-bond donors (Lipinski definition) is 1. The molecule has 0 aliphatic rings. The van der Waals surface area contributed by atoms with Crippen LogP contribution in [0.15, 0.2) is 36.5 Å². The summed E-state index contributed by atoms with van der Waals surface area (Å²) in [7, 11) is 0. The molecule has 0 radical (unpaired) electrons. The van der Waals surface area contributed by atoms with E-state index in [4.69, 9.17) is 0 Å². The highest BCUT2D eigenvalue weighted by atomic mass is 19.1. The minimum absolute atomic E-state index is 0.0699. The van der Waals surface area contributed by atoms with E-state index in [1.54, 1.807) is 12.1 Å². The van der Waals surface area contributed by atoms with Crippen molar-refractivity contribution in [3.63, 3.8) is 0 Å². The second kappa shape index (κ2) is 6.57. The number of amides is 1. The van der Waals surface area contributed by atoms with Gasteiger partial charge in [0.05, 0.1) is 0 Å². The Labute approximate surface area is 124 Å². The van der Waals surface area contributed by atoms with Gasteiger partial charge in [-0.15, -0.1) is 0 Å². The lowest BCUT2D eigenvalue weighted by Crippen LogP contribution is -2.33. The molecule has 1 amide bonds. The molecule has 1 heterocycles. The summed E-state index contributed by atoms with van der Waals surface area (Å²) in [6.07, 6.45) is 2.82. The van der Waals surface area contributed by atoms with Gasteiger partial charge >= 0.3 is 0 Å². The second-order valence-electron chi connectivity index (χ2n) is 5.19. The van der Waals surface area contributed by atoms with Crippen molar-refractivity contribution in [1.29, 1.82) is 0 Å². The van der Waals surface area contributed by atoms with Gasteiger partial charge in [-0.3, -0.25) is 4.79 Å². The Bertz CT molecular complexity index is 616. The highest BCUT2D eigenvalue weighted by molar-refractivity contribution is 5.94. The lowest BCUT2D eigenvalue weighted by molar-refractivity contribution is 0.0930. The molecule has 0 saturated heterocycles. The Hall–Kier alpha value is -2.10. The summed E-state index contributed by atoms with van der Waals surface area (Å²) in [5.74, 6) is -0.331. The quantitative estimate of drug-likeness (QED) is 0.891. The van der Waals surface area contributed by atoms with Crippen LogP contribution in [-0.4, -0.2) is 16.5 Å². The number of rotatable bonds is 5. The van der Waals surface area contributed by atoms with Crippen LogP contribution in [-0.2, 0) is 6.54 Å². The first-order chi connectivity index (χ1) is 10.0. The molecular formula is C17H21FN2O. The summed E-state index contributed by atoms with van der Waals surface area (Å²) < 4.78 is 14.9. The number of hydrogen-bond acceptors (Lipinski definition) is 1. The summed E-state index contributed by atoms with van der Waals surface area (Å²) in [5, 5.41) is 2.97. The molecule has 1 aromatic heterocycles. The number of halogens is 1. The molecule has 2 aromatic rings. The molecule has 0 saturated carbocycles. The zero-order valence-corrected chi connectivity index (χ0v) is 12.7. The molecule has 1 N–H and O–H groups in total. The standard InChI is InChI=1S/C17H21FN2O/c1-4-12(3)19-17(21)16-10-14(11-20(16)5-2)13-6-8-15(18)9-7-13/h6-12H,4-5H2,1-3H3,(H,19,21)/t12-/m1/s1. The fourth-order valence-corrected chi connectivity index (χ4v) is 2.16. The largest absolute Gasteiger partial charge is 0.348 e. The average Bonchev–Trinajstić information content (AvgIpc) is 2.92. The van der Waals surface area contributed by atoms with Gasteiger partial charge in [-0.1, -0.05) is 19.1 Å². The van der Waals surface area contributed by atoms with Gasteiger partial charge in [0.25, 0.3) is 5.91 Å².